The summed E-state index contributed by atoms with van der Waals surface area (Å²) in [5.74, 6) is 0. The Morgan fingerprint density at radius 2 is 2.20 bits per heavy atom. The third-order valence-electron chi connectivity index (χ3n) is 2.46. The Labute approximate surface area is 90.8 Å². The molecule has 1 fully saturated rings. The van der Waals surface area contributed by atoms with Crippen LogP contribution in [0.1, 0.15) is 26.2 Å². The predicted octanol–water partition coefficient (Wildman–Crippen LogP) is 0.851. The van der Waals surface area contributed by atoms with Gasteiger partial charge in [0.2, 0.25) is 0 Å². The molecular formula is C11H20N2O2. The average Bonchev–Trinajstić information content (AvgIpc) is 2.29. The lowest BCUT2D eigenvalue weighted by molar-refractivity contribution is 0.0870. The maximum atomic E-state index is 9.14. The minimum Gasteiger partial charge on any atom is -0.402 e. The lowest BCUT2D eigenvalue weighted by Gasteiger charge is -2.19. The van der Waals surface area contributed by atoms with Crippen molar-refractivity contribution in [3.8, 4) is 0 Å². The van der Waals surface area contributed by atoms with Crippen LogP contribution in [0.4, 0.5) is 0 Å². The van der Waals surface area contributed by atoms with Crippen molar-refractivity contribution in [3.05, 3.63) is 11.8 Å². The van der Waals surface area contributed by atoms with Crippen molar-refractivity contribution in [2.24, 2.45) is 10.7 Å². The van der Waals surface area contributed by atoms with Crippen LogP contribution >= 0.6 is 0 Å². The molecule has 0 saturated carbocycles. The maximum absolute atomic E-state index is 9.14. The van der Waals surface area contributed by atoms with E-state index in [0.29, 0.717) is 5.71 Å². The van der Waals surface area contributed by atoms with Crippen molar-refractivity contribution in [1.29, 1.82) is 0 Å². The molecule has 1 aliphatic heterocycles. The van der Waals surface area contributed by atoms with Gasteiger partial charge in [-0.1, -0.05) is 6.92 Å². The van der Waals surface area contributed by atoms with Gasteiger partial charge in [0.05, 0.1) is 18.4 Å². The van der Waals surface area contributed by atoms with Crippen LogP contribution in [0.2, 0.25) is 0 Å². The first-order chi connectivity index (χ1) is 7.26. The zero-order valence-electron chi connectivity index (χ0n) is 9.28. The Morgan fingerprint density at radius 1 is 1.53 bits per heavy atom. The van der Waals surface area contributed by atoms with Crippen molar-refractivity contribution in [1.82, 2.24) is 0 Å². The largest absolute Gasteiger partial charge is 0.402 e. The van der Waals surface area contributed by atoms with Crippen molar-refractivity contribution >= 4 is 5.71 Å². The van der Waals surface area contributed by atoms with Gasteiger partial charge in [-0.2, -0.15) is 0 Å². The quantitative estimate of drug-likeness (QED) is 0.679. The van der Waals surface area contributed by atoms with Gasteiger partial charge in [-0.15, -0.1) is 0 Å². The molecule has 0 bridgehead atoms. The molecule has 1 saturated heterocycles. The number of aliphatic hydroxyl groups is 1. The van der Waals surface area contributed by atoms with Crippen molar-refractivity contribution in [2.45, 2.75) is 32.2 Å². The Morgan fingerprint density at radius 3 is 2.73 bits per heavy atom. The molecule has 0 aromatic rings. The number of ether oxygens (including phenoxy) is 1. The second kappa shape index (κ2) is 6.58. The SMILES string of the molecule is CCC(N)=CC(CO)=NC1CCOCC1. The zero-order chi connectivity index (χ0) is 11.1. The Bertz CT molecular complexity index is 243. The lowest BCUT2D eigenvalue weighted by Crippen LogP contribution is -2.21. The number of aliphatic imine (C=N–C) groups is 1. The van der Waals surface area contributed by atoms with E-state index in [2.05, 4.69) is 4.99 Å². The summed E-state index contributed by atoms with van der Waals surface area (Å²) in [6.07, 6.45) is 4.43. The summed E-state index contributed by atoms with van der Waals surface area (Å²) in [6.45, 7) is 3.47. The van der Waals surface area contributed by atoms with E-state index in [1.807, 2.05) is 6.92 Å². The summed E-state index contributed by atoms with van der Waals surface area (Å²) in [5.41, 5.74) is 7.14. The molecule has 4 heteroatoms. The number of hydrogen-bond donors (Lipinski definition) is 2. The van der Waals surface area contributed by atoms with Gasteiger partial charge in [-0.25, -0.2) is 0 Å². The van der Waals surface area contributed by atoms with Crippen molar-refractivity contribution in [2.75, 3.05) is 19.8 Å². The summed E-state index contributed by atoms with van der Waals surface area (Å²) >= 11 is 0. The number of allylic oxidation sites excluding steroid dienone is 1. The van der Waals surface area contributed by atoms with Crippen LogP contribution in [0.15, 0.2) is 16.8 Å². The van der Waals surface area contributed by atoms with E-state index in [9.17, 15) is 0 Å². The van der Waals surface area contributed by atoms with Crippen LogP contribution in [-0.4, -0.2) is 36.7 Å². The van der Waals surface area contributed by atoms with E-state index < -0.39 is 0 Å². The van der Waals surface area contributed by atoms with Gasteiger partial charge in [0.15, 0.2) is 0 Å². The molecule has 0 atom stereocenters. The molecular weight excluding hydrogens is 192 g/mol. The molecule has 0 aliphatic carbocycles. The number of nitrogens with zero attached hydrogens (tertiary/aromatic N) is 1. The number of aliphatic hydroxyl groups excluding tert-OH is 1. The van der Waals surface area contributed by atoms with Crippen LogP contribution in [-0.2, 0) is 4.74 Å². The highest BCUT2D eigenvalue weighted by atomic mass is 16.5. The fourth-order valence-electron chi connectivity index (χ4n) is 1.49. The van der Waals surface area contributed by atoms with Crippen LogP contribution in [0, 0.1) is 0 Å². The molecule has 3 N–H and O–H groups in total. The van der Waals surface area contributed by atoms with E-state index in [4.69, 9.17) is 15.6 Å². The van der Waals surface area contributed by atoms with Crippen molar-refractivity contribution in [3.63, 3.8) is 0 Å². The molecule has 86 valence electrons. The van der Waals surface area contributed by atoms with E-state index in [1.54, 1.807) is 6.08 Å². The van der Waals surface area contributed by atoms with Gasteiger partial charge in [-0.3, -0.25) is 4.99 Å². The fourth-order valence-corrected chi connectivity index (χ4v) is 1.49. The van der Waals surface area contributed by atoms with Gasteiger partial charge < -0.3 is 15.6 Å². The van der Waals surface area contributed by atoms with Gasteiger partial charge in [0.25, 0.3) is 0 Å². The van der Waals surface area contributed by atoms with Crippen molar-refractivity contribution < 1.29 is 9.84 Å². The predicted molar refractivity (Wildman–Crippen MR) is 60.9 cm³/mol. The minimum atomic E-state index is -0.0436. The maximum Gasteiger partial charge on any atom is 0.0849 e. The molecule has 1 aliphatic rings. The third-order valence-corrected chi connectivity index (χ3v) is 2.46. The lowest BCUT2D eigenvalue weighted by atomic mass is 10.1. The van der Waals surface area contributed by atoms with E-state index in [0.717, 1.165) is 38.2 Å². The van der Waals surface area contributed by atoms with Gasteiger partial charge >= 0.3 is 0 Å². The molecule has 1 heterocycles. The molecule has 4 nitrogen and oxygen atoms in total. The summed E-state index contributed by atoms with van der Waals surface area (Å²) in [4.78, 5) is 4.47. The normalized spacial score (nSPS) is 20.7. The summed E-state index contributed by atoms with van der Waals surface area (Å²) < 4.78 is 5.25. The molecule has 0 unspecified atom stereocenters. The highest BCUT2D eigenvalue weighted by molar-refractivity contribution is 5.96. The van der Waals surface area contributed by atoms with Gasteiger partial charge in [0.1, 0.15) is 0 Å². The van der Waals surface area contributed by atoms with Gasteiger partial charge in [0, 0.05) is 18.9 Å². The summed E-state index contributed by atoms with van der Waals surface area (Å²) in [5, 5.41) is 9.14. The Hall–Kier alpha value is -0.870. The first kappa shape index (κ1) is 12.2. The topological polar surface area (TPSA) is 67.8 Å². The van der Waals surface area contributed by atoms with E-state index in [1.165, 1.54) is 0 Å². The molecule has 0 aromatic heterocycles. The van der Waals surface area contributed by atoms with Gasteiger partial charge in [-0.05, 0) is 25.3 Å². The molecule has 0 amide bonds. The number of rotatable bonds is 4. The molecule has 15 heavy (non-hydrogen) atoms. The second-order valence-electron chi connectivity index (χ2n) is 3.69. The molecule has 0 radical (unpaired) electrons. The average molecular weight is 212 g/mol. The van der Waals surface area contributed by atoms with Crippen LogP contribution in [0.5, 0.6) is 0 Å². The van der Waals surface area contributed by atoms with Crippen LogP contribution in [0.3, 0.4) is 0 Å². The molecule has 0 spiro atoms. The first-order valence-electron chi connectivity index (χ1n) is 5.47. The Kier molecular flexibility index (Phi) is 5.36. The monoisotopic (exact) mass is 212 g/mol. The highest BCUT2D eigenvalue weighted by Crippen LogP contribution is 2.11. The van der Waals surface area contributed by atoms with Crippen LogP contribution in [0.25, 0.3) is 0 Å². The molecule has 0 aromatic carbocycles. The summed E-state index contributed by atoms with van der Waals surface area (Å²) in [6, 6.07) is 0.279. The Balaban J connectivity index is 2.59. The van der Waals surface area contributed by atoms with Crippen LogP contribution < -0.4 is 5.73 Å². The third kappa shape index (κ3) is 4.44. The minimum absolute atomic E-state index is 0.0436. The second-order valence-corrected chi connectivity index (χ2v) is 3.69. The molecule has 1 rings (SSSR count). The van der Waals surface area contributed by atoms with E-state index >= 15 is 0 Å². The highest BCUT2D eigenvalue weighted by Gasteiger charge is 2.12. The zero-order valence-corrected chi connectivity index (χ0v) is 9.28. The van der Waals surface area contributed by atoms with E-state index in [-0.39, 0.29) is 12.6 Å². The number of hydrogen-bond acceptors (Lipinski definition) is 4. The summed E-state index contributed by atoms with van der Waals surface area (Å²) in [7, 11) is 0. The smallest absolute Gasteiger partial charge is 0.0849 e. The fraction of sp³-hybridized carbons (Fsp3) is 0.727. The first-order valence-corrected chi connectivity index (χ1v) is 5.47. The standard InChI is InChI=1S/C11H20N2O2/c1-2-9(12)7-11(8-14)13-10-3-5-15-6-4-10/h7,10,14H,2-6,8,12H2,1H3. The number of nitrogens with two attached hydrogens (primary N) is 1.